The molecule has 0 amide bonds. The lowest BCUT2D eigenvalue weighted by atomic mass is 10.0. The minimum atomic E-state index is -0.334. The molecule has 6 heteroatoms. The van der Waals surface area contributed by atoms with Crippen molar-refractivity contribution < 1.29 is 9.66 Å². The van der Waals surface area contributed by atoms with E-state index in [4.69, 9.17) is 4.74 Å². The number of nitro groups is 1. The molecule has 1 aromatic rings. The van der Waals surface area contributed by atoms with Gasteiger partial charge in [0.25, 0.3) is 5.69 Å². The third-order valence-corrected chi connectivity index (χ3v) is 3.90. The molecule has 1 heterocycles. The lowest BCUT2D eigenvalue weighted by Crippen LogP contribution is -2.47. The highest BCUT2D eigenvalue weighted by atomic mass is 16.6. The van der Waals surface area contributed by atoms with Crippen molar-refractivity contribution in [2.75, 3.05) is 33.3 Å². The molecule has 1 aromatic carbocycles. The van der Waals surface area contributed by atoms with Crippen LogP contribution in [0, 0.1) is 10.1 Å². The predicted molar refractivity (Wildman–Crippen MR) is 81.4 cm³/mol. The van der Waals surface area contributed by atoms with E-state index in [0.29, 0.717) is 6.61 Å². The summed E-state index contributed by atoms with van der Waals surface area (Å²) in [6.07, 6.45) is 1.10. The van der Waals surface area contributed by atoms with Gasteiger partial charge in [0.15, 0.2) is 0 Å². The number of nitrogens with one attached hydrogen (secondary N) is 1. The average Bonchev–Trinajstić information content (AvgIpc) is 2.49. The first-order valence-corrected chi connectivity index (χ1v) is 7.40. The van der Waals surface area contributed by atoms with Crippen molar-refractivity contribution in [2.24, 2.45) is 0 Å². The van der Waals surface area contributed by atoms with E-state index in [-0.39, 0.29) is 22.8 Å². The fourth-order valence-corrected chi connectivity index (χ4v) is 2.93. The van der Waals surface area contributed by atoms with Crippen LogP contribution in [0.5, 0.6) is 0 Å². The Morgan fingerprint density at radius 1 is 1.57 bits per heavy atom. The van der Waals surface area contributed by atoms with Gasteiger partial charge >= 0.3 is 0 Å². The molecular formula is C15H23N3O3. The van der Waals surface area contributed by atoms with E-state index in [0.717, 1.165) is 31.6 Å². The van der Waals surface area contributed by atoms with Crippen LogP contribution >= 0.6 is 0 Å². The van der Waals surface area contributed by atoms with Crippen LogP contribution in [0.2, 0.25) is 0 Å². The molecular weight excluding hydrogens is 270 g/mol. The quantitative estimate of drug-likeness (QED) is 0.641. The summed E-state index contributed by atoms with van der Waals surface area (Å²) in [5, 5.41) is 14.1. The highest BCUT2D eigenvalue weighted by Gasteiger charge is 2.26. The van der Waals surface area contributed by atoms with E-state index in [1.807, 2.05) is 13.1 Å². The Morgan fingerprint density at radius 3 is 3.05 bits per heavy atom. The monoisotopic (exact) mass is 293 g/mol. The standard InChI is InChI=1S/C15H23N3O3/c1-3-15(12-5-4-6-13(9-12)18(19)20)17-7-8-21-14(11-17)10-16-2/h4-6,9,14-16H,3,7-8,10-11H2,1-2H3. The summed E-state index contributed by atoms with van der Waals surface area (Å²) in [6, 6.07) is 7.18. The van der Waals surface area contributed by atoms with Crippen molar-refractivity contribution in [3.05, 3.63) is 39.9 Å². The number of non-ortho nitro benzene ring substituents is 1. The lowest BCUT2D eigenvalue weighted by molar-refractivity contribution is -0.385. The van der Waals surface area contributed by atoms with E-state index in [9.17, 15) is 10.1 Å². The van der Waals surface area contributed by atoms with Crippen LogP contribution < -0.4 is 5.32 Å². The van der Waals surface area contributed by atoms with Gasteiger partial charge in [-0.2, -0.15) is 0 Å². The molecule has 2 unspecified atom stereocenters. The molecule has 0 radical (unpaired) electrons. The number of ether oxygens (including phenoxy) is 1. The van der Waals surface area contributed by atoms with Crippen molar-refractivity contribution in [3.8, 4) is 0 Å². The smallest absolute Gasteiger partial charge is 0.269 e. The fourth-order valence-electron chi connectivity index (χ4n) is 2.93. The number of benzene rings is 1. The molecule has 6 nitrogen and oxygen atoms in total. The first kappa shape index (κ1) is 15.9. The van der Waals surface area contributed by atoms with Crippen molar-refractivity contribution in [1.29, 1.82) is 0 Å². The second-order valence-electron chi connectivity index (χ2n) is 5.32. The van der Waals surface area contributed by atoms with E-state index >= 15 is 0 Å². The maximum Gasteiger partial charge on any atom is 0.269 e. The summed E-state index contributed by atoms with van der Waals surface area (Å²) in [4.78, 5) is 13.0. The molecule has 21 heavy (non-hydrogen) atoms. The topological polar surface area (TPSA) is 67.6 Å². The number of hydrogen-bond donors (Lipinski definition) is 1. The summed E-state index contributed by atoms with van der Waals surface area (Å²) in [6.45, 7) is 5.36. The molecule has 0 saturated carbocycles. The number of rotatable bonds is 6. The van der Waals surface area contributed by atoms with Gasteiger partial charge in [-0.1, -0.05) is 19.1 Å². The van der Waals surface area contributed by atoms with Gasteiger partial charge in [-0.15, -0.1) is 0 Å². The van der Waals surface area contributed by atoms with Gasteiger partial charge in [-0.3, -0.25) is 15.0 Å². The number of nitro benzene ring substituents is 1. The molecule has 0 aliphatic carbocycles. The Morgan fingerprint density at radius 2 is 2.38 bits per heavy atom. The molecule has 1 aliphatic heterocycles. The SMILES string of the molecule is CCC(c1cccc([N+](=O)[O-])c1)N1CCOC(CNC)C1. The van der Waals surface area contributed by atoms with Crippen molar-refractivity contribution in [3.63, 3.8) is 0 Å². The molecule has 0 aromatic heterocycles. The summed E-state index contributed by atoms with van der Waals surface area (Å²) >= 11 is 0. The summed E-state index contributed by atoms with van der Waals surface area (Å²) in [5.74, 6) is 0. The summed E-state index contributed by atoms with van der Waals surface area (Å²) in [7, 11) is 1.92. The highest BCUT2D eigenvalue weighted by Crippen LogP contribution is 2.28. The van der Waals surface area contributed by atoms with Crippen LogP contribution in [0.3, 0.4) is 0 Å². The van der Waals surface area contributed by atoms with Crippen molar-refractivity contribution in [2.45, 2.75) is 25.5 Å². The van der Waals surface area contributed by atoms with Gasteiger partial charge in [0, 0.05) is 37.8 Å². The van der Waals surface area contributed by atoms with Crippen LogP contribution in [0.4, 0.5) is 5.69 Å². The Kier molecular flexibility index (Phi) is 5.67. The minimum Gasteiger partial charge on any atom is -0.374 e. The molecule has 1 saturated heterocycles. The molecule has 1 N–H and O–H groups in total. The summed E-state index contributed by atoms with van der Waals surface area (Å²) < 4.78 is 5.73. The van der Waals surface area contributed by atoms with E-state index in [1.165, 1.54) is 0 Å². The fraction of sp³-hybridized carbons (Fsp3) is 0.600. The molecule has 2 rings (SSSR count). The van der Waals surface area contributed by atoms with Crippen LogP contribution in [0.15, 0.2) is 24.3 Å². The number of likely N-dealkylation sites (N-methyl/N-ethyl adjacent to an activating group) is 1. The second kappa shape index (κ2) is 7.49. The molecule has 2 atom stereocenters. The number of morpholine rings is 1. The maximum atomic E-state index is 10.9. The van der Waals surface area contributed by atoms with Gasteiger partial charge < -0.3 is 10.1 Å². The highest BCUT2D eigenvalue weighted by molar-refractivity contribution is 5.35. The first-order chi connectivity index (χ1) is 10.2. The Bertz CT molecular complexity index is 479. The molecule has 116 valence electrons. The molecule has 1 fully saturated rings. The average molecular weight is 293 g/mol. The number of hydrogen-bond acceptors (Lipinski definition) is 5. The van der Waals surface area contributed by atoms with Gasteiger partial charge in [0.2, 0.25) is 0 Å². The zero-order valence-corrected chi connectivity index (χ0v) is 12.6. The zero-order chi connectivity index (χ0) is 15.2. The van der Waals surface area contributed by atoms with Crippen LogP contribution in [0.25, 0.3) is 0 Å². The molecule has 1 aliphatic rings. The van der Waals surface area contributed by atoms with Crippen molar-refractivity contribution >= 4 is 5.69 Å². The van der Waals surface area contributed by atoms with Gasteiger partial charge in [-0.25, -0.2) is 0 Å². The largest absolute Gasteiger partial charge is 0.374 e. The van der Waals surface area contributed by atoms with Crippen LogP contribution in [-0.2, 0) is 4.74 Å². The van der Waals surface area contributed by atoms with E-state index in [2.05, 4.69) is 17.1 Å². The van der Waals surface area contributed by atoms with Gasteiger partial charge in [-0.05, 0) is 19.0 Å². The predicted octanol–water partition coefficient (Wildman–Crippen LogP) is 1.97. The summed E-state index contributed by atoms with van der Waals surface area (Å²) in [5.41, 5.74) is 1.17. The second-order valence-corrected chi connectivity index (χ2v) is 5.32. The normalized spacial score (nSPS) is 21.1. The van der Waals surface area contributed by atoms with E-state index in [1.54, 1.807) is 18.2 Å². The third kappa shape index (κ3) is 4.00. The Balaban J connectivity index is 2.15. The first-order valence-electron chi connectivity index (χ1n) is 7.40. The maximum absolute atomic E-state index is 10.9. The van der Waals surface area contributed by atoms with Gasteiger partial charge in [0.05, 0.1) is 17.6 Å². The Labute approximate surface area is 125 Å². The zero-order valence-electron chi connectivity index (χ0n) is 12.6. The van der Waals surface area contributed by atoms with Crippen molar-refractivity contribution in [1.82, 2.24) is 10.2 Å². The molecule has 0 bridgehead atoms. The van der Waals surface area contributed by atoms with Crippen LogP contribution in [0.1, 0.15) is 24.9 Å². The lowest BCUT2D eigenvalue weighted by Gasteiger charge is -2.38. The minimum absolute atomic E-state index is 0.158. The number of nitrogens with zero attached hydrogens (tertiary/aromatic N) is 2. The van der Waals surface area contributed by atoms with E-state index < -0.39 is 0 Å². The Hall–Kier alpha value is -1.50. The molecule has 0 spiro atoms. The van der Waals surface area contributed by atoms with Gasteiger partial charge in [0.1, 0.15) is 0 Å². The third-order valence-electron chi connectivity index (χ3n) is 3.90. The van der Waals surface area contributed by atoms with Crippen LogP contribution in [-0.4, -0.2) is 49.2 Å².